The molecule has 0 aromatic carbocycles. The second-order valence-electron chi connectivity index (χ2n) is 6.38. The molecule has 1 atom stereocenters. The summed E-state index contributed by atoms with van der Waals surface area (Å²) in [5, 5.41) is 9.18. The van der Waals surface area contributed by atoms with Gasteiger partial charge in [-0.3, -0.25) is 9.69 Å². The monoisotopic (exact) mass is 347 g/mol. The third-order valence-corrected chi connectivity index (χ3v) is 5.70. The first-order valence-corrected chi connectivity index (χ1v) is 9.49. The van der Waals surface area contributed by atoms with Crippen LogP contribution >= 0.6 is 11.3 Å². The zero-order chi connectivity index (χ0) is 16.9. The van der Waals surface area contributed by atoms with Crippen molar-refractivity contribution in [2.45, 2.75) is 45.6 Å². The number of nitrogens with one attached hydrogen (secondary N) is 1. The van der Waals surface area contributed by atoms with Gasteiger partial charge in [-0.15, -0.1) is 11.3 Å². The zero-order valence-corrected chi connectivity index (χ0v) is 15.2. The summed E-state index contributed by atoms with van der Waals surface area (Å²) in [5.74, 6) is 0.907. The lowest BCUT2D eigenvalue weighted by molar-refractivity contribution is -0.121. The molecule has 0 saturated carbocycles. The van der Waals surface area contributed by atoms with Crippen LogP contribution in [0.3, 0.4) is 0 Å². The quantitative estimate of drug-likeness (QED) is 0.835. The number of aromatic nitrogens is 1. The molecule has 5 nitrogen and oxygen atoms in total. The maximum atomic E-state index is 12.3. The van der Waals surface area contributed by atoms with Crippen molar-refractivity contribution in [2.24, 2.45) is 0 Å². The molecule has 0 aliphatic carbocycles. The van der Waals surface area contributed by atoms with Gasteiger partial charge in [0.15, 0.2) is 0 Å². The Bertz CT molecular complexity index is 640. The predicted octanol–water partition coefficient (Wildman–Crippen LogP) is 3.24. The highest BCUT2D eigenvalue weighted by molar-refractivity contribution is 7.10. The summed E-state index contributed by atoms with van der Waals surface area (Å²) in [7, 11) is 0. The van der Waals surface area contributed by atoms with Crippen molar-refractivity contribution in [1.82, 2.24) is 15.4 Å². The molecule has 3 rings (SSSR count). The van der Waals surface area contributed by atoms with Crippen LogP contribution in [0.4, 0.5) is 0 Å². The molecule has 1 aliphatic rings. The summed E-state index contributed by atoms with van der Waals surface area (Å²) in [5.41, 5.74) is 1.94. The third-order valence-electron chi connectivity index (χ3n) is 4.73. The summed E-state index contributed by atoms with van der Waals surface area (Å²) in [6.45, 7) is 6.74. The summed E-state index contributed by atoms with van der Waals surface area (Å²) in [4.78, 5) is 16.1. The number of hydrogen-bond donors (Lipinski definition) is 1. The van der Waals surface area contributed by atoms with Crippen LogP contribution in [0.1, 0.15) is 47.2 Å². The Morgan fingerprint density at radius 1 is 1.42 bits per heavy atom. The molecule has 0 unspecified atom stereocenters. The fraction of sp³-hybridized carbons (Fsp3) is 0.556. The Balaban J connectivity index is 1.53. The van der Waals surface area contributed by atoms with E-state index in [1.165, 1.54) is 17.7 Å². The lowest BCUT2D eigenvalue weighted by atomic mass is 10.1. The molecule has 3 heterocycles. The van der Waals surface area contributed by atoms with Gasteiger partial charge < -0.3 is 9.84 Å². The van der Waals surface area contributed by atoms with Crippen molar-refractivity contribution in [3.63, 3.8) is 0 Å². The van der Waals surface area contributed by atoms with E-state index in [2.05, 4.69) is 32.9 Å². The van der Waals surface area contributed by atoms with E-state index in [1.807, 2.05) is 13.8 Å². The van der Waals surface area contributed by atoms with Gasteiger partial charge in [-0.2, -0.15) is 0 Å². The molecule has 24 heavy (non-hydrogen) atoms. The minimum atomic E-state index is 0.0933. The van der Waals surface area contributed by atoms with Crippen molar-refractivity contribution in [1.29, 1.82) is 0 Å². The van der Waals surface area contributed by atoms with Gasteiger partial charge in [-0.25, -0.2) is 0 Å². The third kappa shape index (κ3) is 4.05. The first-order valence-electron chi connectivity index (χ1n) is 8.61. The van der Waals surface area contributed by atoms with Crippen molar-refractivity contribution < 1.29 is 9.32 Å². The number of rotatable bonds is 7. The smallest absolute Gasteiger partial charge is 0.220 e. The Hall–Kier alpha value is -1.66. The van der Waals surface area contributed by atoms with Crippen LogP contribution in [0, 0.1) is 13.8 Å². The topological polar surface area (TPSA) is 58.4 Å². The van der Waals surface area contributed by atoms with E-state index in [4.69, 9.17) is 4.52 Å². The molecule has 0 radical (unpaired) electrons. The average molecular weight is 347 g/mol. The number of carbonyl (C=O) groups is 1. The molecular formula is C18H25N3O2S. The van der Waals surface area contributed by atoms with Crippen LogP contribution in [0.15, 0.2) is 22.0 Å². The lowest BCUT2D eigenvalue weighted by Crippen LogP contribution is -2.36. The molecule has 2 aromatic rings. The van der Waals surface area contributed by atoms with Crippen molar-refractivity contribution in [3.8, 4) is 0 Å². The fourth-order valence-corrected chi connectivity index (χ4v) is 4.20. The standard InChI is InChI=1S/C18H25N3O2S/c1-13-15(14(2)23-20-13)7-8-18(22)19-12-16(17-6-5-11-24-17)21-9-3-4-10-21/h5-6,11,16H,3-4,7-10,12H2,1-2H3,(H,19,22)/t16-/m1/s1. The van der Waals surface area contributed by atoms with E-state index >= 15 is 0 Å². The normalized spacial score (nSPS) is 16.4. The lowest BCUT2D eigenvalue weighted by Gasteiger charge is -2.26. The van der Waals surface area contributed by atoms with Crippen molar-refractivity contribution in [2.75, 3.05) is 19.6 Å². The Labute approximate surface area is 147 Å². The number of aryl methyl sites for hydroxylation is 2. The molecule has 2 aromatic heterocycles. The Kier molecular flexibility index (Phi) is 5.68. The van der Waals surface area contributed by atoms with Crippen molar-refractivity contribution in [3.05, 3.63) is 39.4 Å². The van der Waals surface area contributed by atoms with E-state index in [0.717, 1.165) is 30.1 Å². The molecular weight excluding hydrogens is 322 g/mol. The number of hydrogen-bond acceptors (Lipinski definition) is 5. The second kappa shape index (κ2) is 7.94. The maximum absolute atomic E-state index is 12.3. The van der Waals surface area contributed by atoms with Crippen LogP contribution in [0.2, 0.25) is 0 Å². The van der Waals surface area contributed by atoms with E-state index in [0.29, 0.717) is 25.4 Å². The average Bonchev–Trinajstić information content (AvgIpc) is 3.31. The number of thiophene rings is 1. The zero-order valence-electron chi connectivity index (χ0n) is 14.4. The highest BCUT2D eigenvalue weighted by Gasteiger charge is 2.24. The summed E-state index contributed by atoms with van der Waals surface area (Å²) >= 11 is 1.77. The van der Waals surface area contributed by atoms with Crippen LogP contribution in [-0.4, -0.2) is 35.6 Å². The summed E-state index contributed by atoms with van der Waals surface area (Å²) in [6.07, 6.45) is 3.66. The molecule has 1 fully saturated rings. The number of likely N-dealkylation sites (tertiary alicyclic amines) is 1. The molecule has 1 N–H and O–H groups in total. The van der Waals surface area contributed by atoms with Gasteiger partial charge in [0.25, 0.3) is 0 Å². The molecule has 1 aliphatic heterocycles. The molecule has 1 amide bonds. The highest BCUT2D eigenvalue weighted by Crippen LogP contribution is 2.27. The summed E-state index contributed by atoms with van der Waals surface area (Å²) in [6, 6.07) is 4.56. The highest BCUT2D eigenvalue weighted by atomic mass is 32.1. The van der Waals surface area contributed by atoms with Crippen LogP contribution < -0.4 is 5.32 Å². The number of carbonyl (C=O) groups excluding carboxylic acids is 1. The number of nitrogens with zero attached hydrogens (tertiary/aromatic N) is 2. The summed E-state index contributed by atoms with van der Waals surface area (Å²) < 4.78 is 5.16. The van der Waals surface area contributed by atoms with Crippen molar-refractivity contribution >= 4 is 17.2 Å². The van der Waals surface area contributed by atoms with Gasteiger partial charge >= 0.3 is 0 Å². The van der Waals surface area contributed by atoms with E-state index in [1.54, 1.807) is 11.3 Å². The van der Waals surface area contributed by atoms with E-state index in [9.17, 15) is 4.79 Å². The SMILES string of the molecule is Cc1noc(C)c1CCC(=O)NC[C@H](c1cccs1)N1CCCC1. The van der Waals surface area contributed by atoms with E-state index < -0.39 is 0 Å². The van der Waals surface area contributed by atoms with E-state index in [-0.39, 0.29) is 5.91 Å². The van der Waals surface area contributed by atoms with Gasteiger partial charge in [-0.05, 0) is 57.6 Å². The van der Waals surface area contributed by atoms with Gasteiger partial charge in [-0.1, -0.05) is 11.2 Å². The van der Waals surface area contributed by atoms with Crippen LogP contribution in [0.5, 0.6) is 0 Å². The van der Waals surface area contributed by atoms with Gasteiger partial charge in [0, 0.05) is 23.4 Å². The predicted molar refractivity (Wildman–Crippen MR) is 95.2 cm³/mol. The Morgan fingerprint density at radius 2 is 2.21 bits per heavy atom. The van der Waals surface area contributed by atoms with Crippen LogP contribution in [-0.2, 0) is 11.2 Å². The van der Waals surface area contributed by atoms with Gasteiger partial charge in [0.1, 0.15) is 5.76 Å². The van der Waals surface area contributed by atoms with Crippen LogP contribution in [0.25, 0.3) is 0 Å². The molecule has 0 bridgehead atoms. The van der Waals surface area contributed by atoms with Gasteiger partial charge in [0.05, 0.1) is 11.7 Å². The number of amides is 1. The fourth-order valence-electron chi connectivity index (χ4n) is 3.34. The van der Waals surface area contributed by atoms with Gasteiger partial charge in [0.2, 0.25) is 5.91 Å². The second-order valence-corrected chi connectivity index (χ2v) is 7.36. The maximum Gasteiger partial charge on any atom is 0.220 e. The first-order chi connectivity index (χ1) is 11.6. The minimum absolute atomic E-state index is 0.0933. The molecule has 130 valence electrons. The first kappa shape index (κ1) is 17.2. The Morgan fingerprint density at radius 3 is 2.83 bits per heavy atom. The molecule has 0 spiro atoms. The molecule has 6 heteroatoms. The largest absolute Gasteiger partial charge is 0.361 e. The molecule has 1 saturated heterocycles. The minimum Gasteiger partial charge on any atom is -0.361 e.